The number of carbonyl (C=O) groups excluding carboxylic acids is 1. The molecule has 2 N–H and O–H groups in total. The minimum atomic E-state index is -0.0274. The van der Waals surface area contributed by atoms with Crippen LogP contribution in [-0.2, 0) is 17.8 Å². The van der Waals surface area contributed by atoms with Gasteiger partial charge in [0.2, 0.25) is 5.91 Å². The number of hydrogen-bond acceptors (Lipinski definition) is 4. The van der Waals surface area contributed by atoms with E-state index in [0.717, 1.165) is 19.5 Å². The molecule has 0 aliphatic carbocycles. The van der Waals surface area contributed by atoms with E-state index < -0.39 is 0 Å². The van der Waals surface area contributed by atoms with Gasteiger partial charge in [-0.1, -0.05) is 0 Å². The molecule has 0 saturated carbocycles. The standard InChI is InChI=1S/C12H18N2O2S/c1-9(8-15)13-6-12(16)14-4-2-11-10(7-14)3-5-17-11/h3,5,9,13,15H,2,4,6-8H2,1H3. The first-order valence-corrected chi connectivity index (χ1v) is 6.76. The molecule has 1 atom stereocenters. The van der Waals surface area contributed by atoms with Crippen LogP contribution in [0.3, 0.4) is 0 Å². The van der Waals surface area contributed by atoms with Crippen molar-refractivity contribution in [2.75, 3.05) is 19.7 Å². The van der Waals surface area contributed by atoms with Gasteiger partial charge < -0.3 is 15.3 Å². The van der Waals surface area contributed by atoms with Crippen LogP contribution in [0.2, 0.25) is 0 Å². The lowest BCUT2D eigenvalue weighted by Crippen LogP contribution is -2.43. The fourth-order valence-electron chi connectivity index (χ4n) is 1.90. The summed E-state index contributed by atoms with van der Waals surface area (Å²) in [5.74, 6) is 0.113. The fourth-order valence-corrected chi connectivity index (χ4v) is 2.79. The molecule has 0 fully saturated rings. The zero-order valence-electron chi connectivity index (χ0n) is 9.98. The van der Waals surface area contributed by atoms with Gasteiger partial charge in [0.1, 0.15) is 0 Å². The summed E-state index contributed by atoms with van der Waals surface area (Å²) < 4.78 is 0. The number of aliphatic hydroxyl groups is 1. The molecule has 0 bridgehead atoms. The van der Waals surface area contributed by atoms with E-state index >= 15 is 0 Å². The Morgan fingerprint density at radius 3 is 3.29 bits per heavy atom. The molecule has 0 saturated heterocycles. The molecular formula is C12H18N2O2S. The van der Waals surface area contributed by atoms with Gasteiger partial charge in [-0.15, -0.1) is 11.3 Å². The van der Waals surface area contributed by atoms with Gasteiger partial charge in [0.05, 0.1) is 13.2 Å². The van der Waals surface area contributed by atoms with E-state index in [0.29, 0.717) is 6.54 Å². The van der Waals surface area contributed by atoms with Crippen LogP contribution < -0.4 is 5.32 Å². The Kier molecular flexibility index (Phi) is 4.15. The third-order valence-corrected chi connectivity index (χ3v) is 4.06. The second kappa shape index (κ2) is 5.62. The van der Waals surface area contributed by atoms with Gasteiger partial charge in [0, 0.05) is 24.0 Å². The number of nitrogens with one attached hydrogen (secondary N) is 1. The second-order valence-electron chi connectivity index (χ2n) is 4.40. The number of hydrogen-bond donors (Lipinski definition) is 2. The maximum absolute atomic E-state index is 11.9. The predicted octanol–water partition coefficient (Wildman–Crippen LogP) is 0.603. The monoisotopic (exact) mass is 254 g/mol. The number of aliphatic hydroxyl groups excluding tert-OH is 1. The van der Waals surface area contributed by atoms with Crippen LogP contribution in [0.25, 0.3) is 0 Å². The average Bonchev–Trinajstić information content (AvgIpc) is 2.82. The minimum Gasteiger partial charge on any atom is -0.395 e. The van der Waals surface area contributed by atoms with Crippen molar-refractivity contribution in [3.8, 4) is 0 Å². The van der Waals surface area contributed by atoms with E-state index in [9.17, 15) is 4.79 Å². The maximum Gasteiger partial charge on any atom is 0.236 e. The van der Waals surface area contributed by atoms with Gasteiger partial charge in [0.15, 0.2) is 0 Å². The Labute approximate surface area is 105 Å². The SMILES string of the molecule is CC(CO)NCC(=O)N1CCc2sccc2C1. The van der Waals surface area contributed by atoms with Gasteiger partial charge in [-0.05, 0) is 30.4 Å². The summed E-state index contributed by atoms with van der Waals surface area (Å²) in [5, 5.41) is 14.0. The molecule has 5 heteroatoms. The number of thiophene rings is 1. The summed E-state index contributed by atoms with van der Waals surface area (Å²) in [7, 11) is 0. The molecule has 0 radical (unpaired) electrons. The van der Waals surface area contributed by atoms with Crippen LogP contribution in [-0.4, -0.2) is 41.7 Å². The van der Waals surface area contributed by atoms with Crippen molar-refractivity contribution in [2.45, 2.75) is 25.9 Å². The van der Waals surface area contributed by atoms with Crippen molar-refractivity contribution in [3.05, 3.63) is 21.9 Å². The van der Waals surface area contributed by atoms with Gasteiger partial charge in [-0.25, -0.2) is 0 Å². The molecule has 1 amide bonds. The molecule has 2 heterocycles. The molecule has 4 nitrogen and oxygen atoms in total. The third-order valence-electron chi connectivity index (χ3n) is 3.04. The second-order valence-corrected chi connectivity index (χ2v) is 5.40. The summed E-state index contributed by atoms with van der Waals surface area (Å²) >= 11 is 1.77. The van der Waals surface area contributed by atoms with E-state index in [1.54, 1.807) is 11.3 Å². The van der Waals surface area contributed by atoms with E-state index in [4.69, 9.17) is 5.11 Å². The first-order valence-electron chi connectivity index (χ1n) is 5.88. The lowest BCUT2D eigenvalue weighted by atomic mass is 10.1. The number of nitrogens with zero attached hydrogens (tertiary/aromatic N) is 1. The normalized spacial score (nSPS) is 16.7. The number of carbonyl (C=O) groups is 1. The Bertz CT molecular complexity index is 392. The minimum absolute atomic E-state index is 0.0274. The van der Waals surface area contributed by atoms with Crippen LogP contribution >= 0.6 is 11.3 Å². The lowest BCUT2D eigenvalue weighted by molar-refractivity contribution is -0.131. The average molecular weight is 254 g/mol. The maximum atomic E-state index is 11.9. The van der Waals surface area contributed by atoms with Crippen molar-refractivity contribution < 1.29 is 9.90 Å². The number of fused-ring (bicyclic) bond motifs is 1. The van der Waals surface area contributed by atoms with Crippen molar-refractivity contribution in [2.24, 2.45) is 0 Å². The number of rotatable bonds is 4. The van der Waals surface area contributed by atoms with Crippen LogP contribution in [0.5, 0.6) is 0 Å². The zero-order valence-corrected chi connectivity index (χ0v) is 10.8. The third kappa shape index (κ3) is 3.06. The number of amides is 1. The molecule has 1 aromatic rings. The fraction of sp³-hybridized carbons (Fsp3) is 0.583. The quantitative estimate of drug-likeness (QED) is 0.827. The highest BCUT2D eigenvalue weighted by atomic mass is 32.1. The Hall–Kier alpha value is -0.910. The van der Waals surface area contributed by atoms with E-state index in [2.05, 4.69) is 16.8 Å². The highest BCUT2D eigenvalue weighted by molar-refractivity contribution is 7.10. The molecule has 2 rings (SSSR count). The van der Waals surface area contributed by atoms with Crippen molar-refractivity contribution in [1.82, 2.24) is 10.2 Å². The predicted molar refractivity (Wildman–Crippen MR) is 68.0 cm³/mol. The molecular weight excluding hydrogens is 236 g/mol. The molecule has 0 aromatic carbocycles. The first kappa shape index (κ1) is 12.5. The molecule has 1 aliphatic rings. The van der Waals surface area contributed by atoms with Crippen LogP contribution in [0.1, 0.15) is 17.4 Å². The molecule has 1 aromatic heterocycles. The zero-order chi connectivity index (χ0) is 12.3. The van der Waals surface area contributed by atoms with Crippen LogP contribution in [0.4, 0.5) is 0 Å². The Balaban J connectivity index is 1.86. The highest BCUT2D eigenvalue weighted by Crippen LogP contribution is 2.23. The van der Waals surface area contributed by atoms with Crippen molar-refractivity contribution in [1.29, 1.82) is 0 Å². The Morgan fingerprint density at radius 1 is 1.71 bits per heavy atom. The largest absolute Gasteiger partial charge is 0.395 e. The smallest absolute Gasteiger partial charge is 0.236 e. The van der Waals surface area contributed by atoms with Gasteiger partial charge in [-0.2, -0.15) is 0 Å². The first-order chi connectivity index (χ1) is 8.20. The van der Waals surface area contributed by atoms with Gasteiger partial charge in [0.25, 0.3) is 0 Å². The Morgan fingerprint density at radius 2 is 2.53 bits per heavy atom. The summed E-state index contributed by atoms with van der Waals surface area (Å²) in [5.41, 5.74) is 1.28. The molecule has 94 valence electrons. The van der Waals surface area contributed by atoms with Crippen molar-refractivity contribution >= 4 is 17.2 Å². The van der Waals surface area contributed by atoms with Crippen molar-refractivity contribution in [3.63, 3.8) is 0 Å². The molecule has 0 spiro atoms. The topological polar surface area (TPSA) is 52.6 Å². The van der Waals surface area contributed by atoms with E-state index in [-0.39, 0.29) is 18.6 Å². The van der Waals surface area contributed by atoms with E-state index in [1.807, 2.05) is 11.8 Å². The summed E-state index contributed by atoms with van der Waals surface area (Å²) in [6.45, 7) is 3.76. The molecule has 17 heavy (non-hydrogen) atoms. The van der Waals surface area contributed by atoms with Crippen LogP contribution in [0.15, 0.2) is 11.4 Å². The van der Waals surface area contributed by atoms with Gasteiger partial charge >= 0.3 is 0 Å². The summed E-state index contributed by atoms with van der Waals surface area (Å²) in [6.07, 6.45) is 0.967. The summed E-state index contributed by atoms with van der Waals surface area (Å²) in [4.78, 5) is 15.2. The van der Waals surface area contributed by atoms with Gasteiger partial charge in [-0.3, -0.25) is 4.79 Å². The van der Waals surface area contributed by atoms with Crippen LogP contribution in [0, 0.1) is 0 Å². The molecule has 1 unspecified atom stereocenters. The highest BCUT2D eigenvalue weighted by Gasteiger charge is 2.21. The summed E-state index contributed by atoms with van der Waals surface area (Å²) in [6, 6.07) is 2.07. The lowest BCUT2D eigenvalue weighted by Gasteiger charge is -2.27. The molecule has 1 aliphatic heterocycles. The van der Waals surface area contributed by atoms with E-state index in [1.165, 1.54) is 10.4 Å².